The van der Waals surface area contributed by atoms with Gasteiger partial charge in [-0.25, -0.2) is 0 Å². The van der Waals surface area contributed by atoms with Gasteiger partial charge in [0.2, 0.25) is 5.91 Å². The average Bonchev–Trinajstić information content (AvgIpc) is 2.23. The number of hydrogen-bond donors (Lipinski definition) is 1. The van der Waals surface area contributed by atoms with Gasteiger partial charge in [0.05, 0.1) is 0 Å². The van der Waals surface area contributed by atoms with Gasteiger partial charge in [0.15, 0.2) is 0 Å². The summed E-state index contributed by atoms with van der Waals surface area (Å²) in [6, 6.07) is 0. The van der Waals surface area contributed by atoms with E-state index in [9.17, 15) is 4.79 Å². The number of nitrogens with one attached hydrogen (secondary N) is 1. The van der Waals surface area contributed by atoms with Crippen LogP contribution in [0.5, 0.6) is 0 Å². The van der Waals surface area contributed by atoms with Crippen LogP contribution in [-0.2, 0) is 4.79 Å². The fraction of sp³-hybridized carbons (Fsp3) is 0.923. The maximum Gasteiger partial charge on any atom is 0.219 e. The van der Waals surface area contributed by atoms with Gasteiger partial charge in [-0.1, -0.05) is 26.2 Å². The van der Waals surface area contributed by atoms with Crippen LogP contribution in [0.4, 0.5) is 0 Å². The van der Waals surface area contributed by atoms with Gasteiger partial charge in [-0.05, 0) is 39.9 Å². The molecule has 0 aromatic heterocycles. The molecule has 0 aromatic carbocycles. The monoisotopic (exact) mass is 228 g/mol. The van der Waals surface area contributed by atoms with E-state index < -0.39 is 0 Å². The van der Waals surface area contributed by atoms with Crippen LogP contribution in [0.3, 0.4) is 0 Å². The second-order valence-corrected chi connectivity index (χ2v) is 4.67. The summed E-state index contributed by atoms with van der Waals surface area (Å²) in [5.74, 6) is 0.223. The lowest BCUT2D eigenvalue weighted by atomic mass is 10.1. The van der Waals surface area contributed by atoms with Crippen molar-refractivity contribution in [1.29, 1.82) is 0 Å². The molecular weight excluding hydrogens is 200 g/mol. The molecule has 0 atom stereocenters. The molecule has 16 heavy (non-hydrogen) atoms. The van der Waals surface area contributed by atoms with Crippen LogP contribution in [0.15, 0.2) is 0 Å². The van der Waals surface area contributed by atoms with E-state index in [-0.39, 0.29) is 5.91 Å². The molecule has 0 spiro atoms. The van der Waals surface area contributed by atoms with E-state index in [0.717, 1.165) is 32.4 Å². The Kier molecular flexibility index (Phi) is 10.5. The van der Waals surface area contributed by atoms with E-state index in [4.69, 9.17) is 0 Å². The third-order valence-electron chi connectivity index (χ3n) is 2.61. The Labute approximate surface area is 101 Å². The zero-order valence-electron chi connectivity index (χ0n) is 11.2. The van der Waals surface area contributed by atoms with Gasteiger partial charge in [0.25, 0.3) is 0 Å². The summed E-state index contributed by atoms with van der Waals surface area (Å²) in [5, 5.41) is 2.98. The molecule has 0 fully saturated rings. The number of hydrogen-bond acceptors (Lipinski definition) is 2. The molecule has 0 aliphatic carbocycles. The number of amides is 1. The minimum atomic E-state index is 0.223. The van der Waals surface area contributed by atoms with Crippen LogP contribution in [0.25, 0.3) is 0 Å². The SMILES string of the molecule is CCCCCCC(=O)NCCCCN(C)C. The van der Waals surface area contributed by atoms with E-state index in [2.05, 4.69) is 31.2 Å². The predicted octanol–water partition coefficient (Wildman–Crippen LogP) is 2.41. The number of unbranched alkanes of at least 4 members (excludes halogenated alkanes) is 4. The molecule has 0 aliphatic rings. The standard InChI is InChI=1S/C13H28N2O/c1-4-5-6-7-10-13(16)14-11-8-9-12-15(2)3/h4-12H2,1-3H3,(H,14,16). The summed E-state index contributed by atoms with van der Waals surface area (Å²) in [4.78, 5) is 13.6. The van der Waals surface area contributed by atoms with E-state index in [0.29, 0.717) is 6.42 Å². The van der Waals surface area contributed by atoms with Crippen LogP contribution in [0.1, 0.15) is 51.9 Å². The Morgan fingerprint density at radius 1 is 1.06 bits per heavy atom. The van der Waals surface area contributed by atoms with Crippen LogP contribution in [0.2, 0.25) is 0 Å². The summed E-state index contributed by atoms with van der Waals surface area (Å²) >= 11 is 0. The predicted molar refractivity (Wildman–Crippen MR) is 69.6 cm³/mol. The largest absolute Gasteiger partial charge is 0.356 e. The van der Waals surface area contributed by atoms with Crippen molar-refractivity contribution in [2.75, 3.05) is 27.2 Å². The maximum absolute atomic E-state index is 11.4. The van der Waals surface area contributed by atoms with E-state index >= 15 is 0 Å². The van der Waals surface area contributed by atoms with Gasteiger partial charge >= 0.3 is 0 Å². The summed E-state index contributed by atoms with van der Waals surface area (Å²) in [6.07, 6.45) is 7.64. The molecule has 96 valence electrons. The molecule has 1 N–H and O–H groups in total. The van der Waals surface area contributed by atoms with Crippen LogP contribution >= 0.6 is 0 Å². The van der Waals surface area contributed by atoms with Gasteiger partial charge < -0.3 is 10.2 Å². The smallest absolute Gasteiger partial charge is 0.219 e. The van der Waals surface area contributed by atoms with E-state index in [1.807, 2.05) is 0 Å². The van der Waals surface area contributed by atoms with Crippen molar-refractivity contribution < 1.29 is 4.79 Å². The van der Waals surface area contributed by atoms with Crippen molar-refractivity contribution in [2.24, 2.45) is 0 Å². The summed E-state index contributed by atoms with van der Waals surface area (Å²) in [5.41, 5.74) is 0. The van der Waals surface area contributed by atoms with Crippen molar-refractivity contribution in [2.45, 2.75) is 51.9 Å². The quantitative estimate of drug-likeness (QED) is 0.582. The molecule has 0 aromatic rings. The second kappa shape index (κ2) is 10.9. The highest BCUT2D eigenvalue weighted by Gasteiger charge is 1.99. The molecular formula is C13H28N2O. The Hall–Kier alpha value is -0.570. The first kappa shape index (κ1) is 15.4. The van der Waals surface area contributed by atoms with Crippen molar-refractivity contribution in [1.82, 2.24) is 10.2 Å². The zero-order chi connectivity index (χ0) is 12.2. The fourth-order valence-corrected chi connectivity index (χ4v) is 1.58. The molecule has 0 rings (SSSR count). The first-order valence-electron chi connectivity index (χ1n) is 6.58. The molecule has 1 amide bonds. The lowest BCUT2D eigenvalue weighted by Crippen LogP contribution is -2.24. The van der Waals surface area contributed by atoms with Gasteiger partial charge in [0.1, 0.15) is 0 Å². The highest BCUT2D eigenvalue weighted by atomic mass is 16.1. The summed E-state index contributed by atoms with van der Waals surface area (Å²) in [7, 11) is 4.15. The fourth-order valence-electron chi connectivity index (χ4n) is 1.58. The molecule has 0 aliphatic heterocycles. The van der Waals surface area contributed by atoms with Crippen molar-refractivity contribution >= 4 is 5.91 Å². The molecule has 0 unspecified atom stereocenters. The van der Waals surface area contributed by atoms with E-state index in [1.165, 1.54) is 19.3 Å². The Morgan fingerprint density at radius 3 is 2.44 bits per heavy atom. The van der Waals surface area contributed by atoms with Crippen LogP contribution < -0.4 is 5.32 Å². The van der Waals surface area contributed by atoms with Crippen molar-refractivity contribution in [3.8, 4) is 0 Å². The third kappa shape index (κ3) is 11.5. The number of nitrogens with zero attached hydrogens (tertiary/aromatic N) is 1. The Bertz CT molecular complexity index is 169. The highest BCUT2D eigenvalue weighted by Crippen LogP contribution is 2.01. The van der Waals surface area contributed by atoms with Crippen molar-refractivity contribution in [3.05, 3.63) is 0 Å². The van der Waals surface area contributed by atoms with Crippen LogP contribution in [0, 0.1) is 0 Å². The van der Waals surface area contributed by atoms with Gasteiger partial charge in [-0.3, -0.25) is 4.79 Å². The highest BCUT2D eigenvalue weighted by molar-refractivity contribution is 5.75. The molecule has 3 nitrogen and oxygen atoms in total. The molecule has 0 saturated heterocycles. The Balaban J connectivity index is 3.17. The van der Waals surface area contributed by atoms with Gasteiger partial charge in [-0.2, -0.15) is 0 Å². The lowest BCUT2D eigenvalue weighted by Gasteiger charge is -2.09. The molecule has 0 radical (unpaired) electrons. The minimum Gasteiger partial charge on any atom is -0.356 e. The third-order valence-corrected chi connectivity index (χ3v) is 2.61. The number of carbonyl (C=O) groups excluding carboxylic acids is 1. The number of rotatable bonds is 10. The normalized spacial score (nSPS) is 10.8. The van der Waals surface area contributed by atoms with Gasteiger partial charge in [-0.15, -0.1) is 0 Å². The minimum absolute atomic E-state index is 0.223. The van der Waals surface area contributed by atoms with Gasteiger partial charge in [0, 0.05) is 13.0 Å². The Morgan fingerprint density at radius 2 is 1.81 bits per heavy atom. The second-order valence-electron chi connectivity index (χ2n) is 4.67. The molecule has 3 heteroatoms. The van der Waals surface area contributed by atoms with E-state index in [1.54, 1.807) is 0 Å². The number of carbonyl (C=O) groups is 1. The molecule has 0 heterocycles. The molecule has 0 saturated carbocycles. The average molecular weight is 228 g/mol. The van der Waals surface area contributed by atoms with Crippen molar-refractivity contribution in [3.63, 3.8) is 0 Å². The topological polar surface area (TPSA) is 32.3 Å². The van der Waals surface area contributed by atoms with Crippen LogP contribution in [-0.4, -0.2) is 38.0 Å². The first-order chi connectivity index (χ1) is 7.66. The summed E-state index contributed by atoms with van der Waals surface area (Å²) < 4.78 is 0. The zero-order valence-corrected chi connectivity index (χ0v) is 11.2. The molecule has 0 bridgehead atoms. The lowest BCUT2D eigenvalue weighted by molar-refractivity contribution is -0.121. The summed E-state index contributed by atoms with van der Waals surface area (Å²) in [6.45, 7) is 4.12. The first-order valence-corrected chi connectivity index (χ1v) is 6.58. The maximum atomic E-state index is 11.4.